The molecule has 0 N–H and O–H groups in total. The Morgan fingerprint density at radius 2 is 2.00 bits per heavy atom. The molecule has 98 valence electrons. The molecule has 1 aliphatic rings. The molecule has 5 nitrogen and oxygen atoms in total. The first-order valence-corrected chi connectivity index (χ1v) is 6.41. The maximum absolute atomic E-state index is 12.6. The van der Waals surface area contributed by atoms with Gasteiger partial charge in [0, 0.05) is 32.1 Å². The van der Waals surface area contributed by atoms with Crippen molar-refractivity contribution in [1.29, 1.82) is 0 Å². The van der Waals surface area contributed by atoms with Gasteiger partial charge in [-0.25, -0.2) is 4.98 Å². The lowest BCUT2D eigenvalue weighted by molar-refractivity contribution is -0.120. The first kappa shape index (κ1) is 11.9. The van der Waals surface area contributed by atoms with Crippen LogP contribution >= 0.6 is 0 Å². The summed E-state index contributed by atoms with van der Waals surface area (Å²) >= 11 is 0. The number of aromatic nitrogens is 2. The van der Waals surface area contributed by atoms with Gasteiger partial charge in [0.2, 0.25) is 0 Å². The van der Waals surface area contributed by atoms with Crippen LogP contribution in [0.15, 0.2) is 24.4 Å². The van der Waals surface area contributed by atoms with Crippen LogP contribution in [0.25, 0.3) is 5.65 Å². The Bertz CT molecular complexity index is 650. The molecule has 2 aromatic rings. The van der Waals surface area contributed by atoms with Crippen LogP contribution in [0, 0.1) is 6.92 Å². The molecule has 0 bridgehead atoms. The quantitative estimate of drug-likeness (QED) is 0.777. The van der Waals surface area contributed by atoms with Gasteiger partial charge in [-0.3, -0.25) is 14.0 Å². The molecule has 3 rings (SSSR count). The summed E-state index contributed by atoms with van der Waals surface area (Å²) in [5, 5.41) is 0. The smallest absolute Gasteiger partial charge is 0.272 e. The zero-order valence-electron chi connectivity index (χ0n) is 10.8. The number of carbonyl (C=O) groups excluding carboxylic acids is 2. The van der Waals surface area contributed by atoms with E-state index >= 15 is 0 Å². The van der Waals surface area contributed by atoms with Crippen molar-refractivity contribution < 1.29 is 9.59 Å². The SMILES string of the molecule is Cc1nc2ccccn2c1C(=O)N1CCC(=O)CC1. The van der Waals surface area contributed by atoms with Crippen molar-refractivity contribution in [1.82, 2.24) is 14.3 Å². The number of ketones is 1. The average molecular weight is 257 g/mol. The topological polar surface area (TPSA) is 54.7 Å². The van der Waals surface area contributed by atoms with Crippen molar-refractivity contribution in [2.24, 2.45) is 0 Å². The van der Waals surface area contributed by atoms with Gasteiger partial charge >= 0.3 is 0 Å². The molecule has 0 atom stereocenters. The molecule has 0 aromatic carbocycles. The molecular weight excluding hydrogens is 242 g/mol. The van der Waals surface area contributed by atoms with Gasteiger partial charge in [0.05, 0.1) is 5.69 Å². The Labute approximate surface area is 110 Å². The number of nitrogens with zero attached hydrogens (tertiary/aromatic N) is 3. The molecule has 0 aliphatic carbocycles. The van der Waals surface area contributed by atoms with E-state index in [1.165, 1.54) is 0 Å². The maximum Gasteiger partial charge on any atom is 0.272 e. The number of imidazole rings is 1. The van der Waals surface area contributed by atoms with Gasteiger partial charge in [-0.1, -0.05) is 6.07 Å². The second kappa shape index (κ2) is 4.50. The van der Waals surface area contributed by atoms with Crippen molar-refractivity contribution in [2.45, 2.75) is 19.8 Å². The third-order valence-corrected chi connectivity index (χ3v) is 3.52. The Morgan fingerprint density at radius 3 is 2.74 bits per heavy atom. The van der Waals surface area contributed by atoms with E-state index in [4.69, 9.17) is 0 Å². The molecule has 0 radical (unpaired) electrons. The van der Waals surface area contributed by atoms with Crippen LogP contribution in [-0.2, 0) is 4.79 Å². The van der Waals surface area contributed by atoms with E-state index < -0.39 is 0 Å². The molecule has 19 heavy (non-hydrogen) atoms. The van der Waals surface area contributed by atoms with Crippen LogP contribution in [0.5, 0.6) is 0 Å². The first-order valence-electron chi connectivity index (χ1n) is 6.41. The molecule has 1 aliphatic heterocycles. The maximum atomic E-state index is 12.6. The normalized spacial score (nSPS) is 16.1. The third-order valence-electron chi connectivity index (χ3n) is 3.52. The molecule has 0 saturated carbocycles. The summed E-state index contributed by atoms with van der Waals surface area (Å²) in [7, 11) is 0. The molecule has 2 aromatic heterocycles. The van der Waals surface area contributed by atoms with Crippen LogP contribution in [0.4, 0.5) is 0 Å². The van der Waals surface area contributed by atoms with Gasteiger partial charge in [-0.2, -0.15) is 0 Å². The van der Waals surface area contributed by atoms with Gasteiger partial charge in [-0.15, -0.1) is 0 Å². The fraction of sp³-hybridized carbons (Fsp3) is 0.357. The van der Waals surface area contributed by atoms with Crippen molar-refractivity contribution in [2.75, 3.05) is 13.1 Å². The monoisotopic (exact) mass is 257 g/mol. The highest BCUT2D eigenvalue weighted by Gasteiger charge is 2.25. The summed E-state index contributed by atoms with van der Waals surface area (Å²) in [6.07, 6.45) is 2.76. The second-order valence-corrected chi connectivity index (χ2v) is 4.81. The average Bonchev–Trinajstić information content (AvgIpc) is 2.74. The summed E-state index contributed by atoms with van der Waals surface area (Å²) in [6, 6.07) is 5.66. The Morgan fingerprint density at radius 1 is 1.26 bits per heavy atom. The van der Waals surface area contributed by atoms with E-state index in [9.17, 15) is 9.59 Å². The molecule has 0 spiro atoms. The second-order valence-electron chi connectivity index (χ2n) is 4.81. The number of piperidine rings is 1. The van der Waals surface area contributed by atoms with E-state index in [2.05, 4.69) is 4.98 Å². The number of likely N-dealkylation sites (tertiary alicyclic amines) is 1. The number of amides is 1. The number of hydrogen-bond acceptors (Lipinski definition) is 3. The first-order chi connectivity index (χ1) is 9.16. The zero-order valence-corrected chi connectivity index (χ0v) is 10.8. The minimum Gasteiger partial charge on any atom is -0.336 e. The molecular formula is C14H15N3O2. The predicted molar refractivity (Wildman–Crippen MR) is 70.1 cm³/mol. The molecule has 1 fully saturated rings. The lowest BCUT2D eigenvalue weighted by atomic mass is 10.1. The number of carbonyl (C=O) groups is 2. The summed E-state index contributed by atoms with van der Waals surface area (Å²) in [6.45, 7) is 2.86. The van der Waals surface area contributed by atoms with Crippen LogP contribution in [0.3, 0.4) is 0 Å². The van der Waals surface area contributed by atoms with E-state index in [0.717, 1.165) is 11.3 Å². The van der Waals surface area contributed by atoms with Crippen LogP contribution in [-0.4, -0.2) is 39.1 Å². The van der Waals surface area contributed by atoms with Gasteiger partial charge in [0.25, 0.3) is 5.91 Å². The highest BCUT2D eigenvalue weighted by atomic mass is 16.2. The van der Waals surface area contributed by atoms with Crippen LogP contribution in [0.1, 0.15) is 29.0 Å². The van der Waals surface area contributed by atoms with Crippen molar-refractivity contribution in [3.8, 4) is 0 Å². The fourth-order valence-corrected chi connectivity index (χ4v) is 2.48. The highest BCUT2D eigenvalue weighted by Crippen LogP contribution is 2.16. The lowest BCUT2D eigenvalue weighted by Crippen LogP contribution is -2.39. The molecule has 1 amide bonds. The van der Waals surface area contributed by atoms with Gasteiger partial charge in [-0.05, 0) is 19.1 Å². The van der Waals surface area contributed by atoms with Gasteiger partial charge in [0.1, 0.15) is 17.1 Å². The Hall–Kier alpha value is -2.17. The molecule has 0 unspecified atom stereocenters. The fourth-order valence-electron chi connectivity index (χ4n) is 2.48. The van der Waals surface area contributed by atoms with Crippen molar-refractivity contribution in [3.05, 3.63) is 35.8 Å². The van der Waals surface area contributed by atoms with Crippen LogP contribution in [0.2, 0.25) is 0 Å². The summed E-state index contributed by atoms with van der Waals surface area (Å²) in [4.78, 5) is 29.9. The van der Waals surface area contributed by atoms with Crippen molar-refractivity contribution in [3.63, 3.8) is 0 Å². The molecule has 5 heteroatoms. The zero-order chi connectivity index (χ0) is 13.4. The number of fused-ring (bicyclic) bond motifs is 1. The summed E-state index contributed by atoms with van der Waals surface area (Å²) < 4.78 is 1.81. The molecule has 3 heterocycles. The van der Waals surface area contributed by atoms with E-state index in [0.29, 0.717) is 31.6 Å². The number of hydrogen-bond donors (Lipinski definition) is 0. The summed E-state index contributed by atoms with van der Waals surface area (Å²) in [5.41, 5.74) is 2.11. The minimum absolute atomic E-state index is 0.0382. The van der Waals surface area contributed by atoms with E-state index in [1.807, 2.05) is 35.7 Å². The largest absolute Gasteiger partial charge is 0.336 e. The van der Waals surface area contributed by atoms with Crippen molar-refractivity contribution >= 4 is 17.3 Å². The van der Waals surface area contributed by atoms with E-state index in [-0.39, 0.29) is 11.7 Å². The number of aryl methyl sites for hydroxylation is 1. The Kier molecular flexibility index (Phi) is 2.81. The standard InChI is InChI=1S/C14H15N3O2/c1-10-13(17-7-3-2-4-12(17)15-10)14(19)16-8-5-11(18)6-9-16/h2-4,7H,5-6,8-9H2,1H3. The Balaban J connectivity index is 1.97. The lowest BCUT2D eigenvalue weighted by Gasteiger charge is -2.26. The third kappa shape index (κ3) is 2.01. The van der Waals surface area contributed by atoms with Gasteiger partial charge in [0.15, 0.2) is 0 Å². The van der Waals surface area contributed by atoms with E-state index in [1.54, 1.807) is 4.90 Å². The number of Topliss-reactive ketones (excluding diaryl/α,β-unsaturated/α-hetero) is 1. The predicted octanol–water partition coefficient (Wildman–Crippen LogP) is 1.45. The number of rotatable bonds is 1. The van der Waals surface area contributed by atoms with Crippen LogP contribution < -0.4 is 0 Å². The number of pyridine rings is 1. The highest BCUT2D eigenvalue weighted by molar-refractivity contribution is 5.95. The minimum atomic E-state index is -0.0382. The summed E-state index contributed by atoms with van der Waals surface area (Å²) in [5.74, 6) is 0.197. The molecule has 1 saturated heterocycles. The van der Waals surface area contributed by atoms with Gasteiger partial charge < -0.3 is 4.90 Å².